The van der Waals surface area contributed by atoms with E-state index in [-0.39, 0.29) is 17.7 Å². The third-order valence-corrected chi connectivity index (χ3v) is 3.98. The van der Waals surface area contributed by atoms with E-state index < -0.39 is 11.4 Å². The number of ether oxygens (including phenoxy) is 2. The fraction of sp³-hybridized carbons (Fsp3) is 0.636. The lowest BCUT2D eigenvalue weighted by Gasteiger charge is -2.39. The second kappa shape index (κ2) is 2.43. The van der Waals surface area contributed by atoms with Crippen molar-refractivity contribution in [3.8, 4) is 0 Å². The molecule has 1 aliphatic heterocycles. The Balaban J connectivity index is 1.87. The number of esters is 2. The van der Waals surface area contributed by atoms with Crippen LogP contribution in [0.1, 0.15) is 25.7 Å². The smallest absolute Gasteiger partial charge is 0.330 e. The van der Waals surface area contributed by atoms with Crippen LogP contribution in [-0.4, -0.2) is 23.6 Å². The van der Waals surface area contributed by atoms with Gasteiger partial charge in [0, 0.05) is 18.9 Å². The van der Waals surface area contributed by atoms with Crippen LogP contribution >= 0.6 is 0 Å². The highest BCUT2D eigenvalue weighted by Gasteiger charge is 2.73. The third kappa shape index (κ3) is 0.919. The van der Waals surface area contributed by atoms with Crippen LogP contribution in [0.25, 0.3) is 0 Å². The standard InChI is InChI=1S/C11H12O4/c1-2-8(12)14-7-5-10-3-4-11(7,6-10)9(13)15-10/h2,7H,1,3-6H2/t7?,10?,11-/m0/s1. The van der Waals surface area contributed by atoms with Crippen LogP contribution in [0.3, 0.4) is 0 Å². The van der Waals surface area contributed by atoms with E-state index in [0.717, 1.165) is 25.3 Å². The Morgan fingerprint density at radius 2 is 2.40 bits per heavy atom. The molecule has 0 aromatic rings. The van der Waals surface area contributed by atoms with Crippen LogP contribution in [-0.2, 0) is 19.1 Å². The van der Waals surface area contributed by atoms with Crippen molar-refractivity contribution in [3.05, 3.63) is 12.7 Å². The van der Waals surface area contributed by atoms with Gasteiger partial charge >= 0.3 is 11.9 Å². The first-order chi connectivity index (χ1) is 7.10. The number of carbonyl (C=O) groups is 2. The predicted octanol–water partition coefficient (Wildman–Crippen LogP) is 0.954. The van der Waals surface area contributed by atoms with E-state index in [4.69, 9.17) is 9.47 Å². The molecule has 0 amide bonds. The van der Waals surface area contributed by atoms with E-state index in [1.807, 2.05) is 0 Å². The van der Waals surface area contributed by atoms with E-state index in [1.54, 1.807) is 0 Å². The summed E-state index contributed by atoms with van der Waals surface area (Å²) in [7, 11) is 0. The minimum absolute atomic E-state index is 0.179. The van der Waals surface area contributed by atoms with Gasteiger partial charge in [-0.1, -0.05) is 6.58 Å². The van der Waals surface area contributed by atoms with Crippen LogP contribution in [0, 0.1) is 5.41 Å². The monoisotopic (exact) mass is 208 g/mol. The summed E-state index contributed by atoms with van der Waals surface area (Å²) >= 11 is 0. The Morgan fingerprint density at radius 1 is 1.60 bits per heavy atom. The van der Waals surface area contributed by atoms with Gasteiger partial charge in [-0.2, -0.15) is 0 Å². The Labute approximate surface area is 87.2 Å². The number of hydrogen-bond donors (Lipinski definition) is 0. The molecule has 2 bridgehead atoms. The molecule has 15 heavy (non-hydrogen) atoms. The van der Waals surface area contributed by atoms with Crippen LogP contribution in [0.5, 0.6) is 0 Å². The quantitative estimate of drug-likeness (QED) is 0.501. The average Bonchev–Trinajstić information content (AvgIpc) is 2.78. The molecule has 2 saturated carbocycles. The molecule has 0 aromatic heterocycles. The second-order valence-corrected chi connectivity index (χ2v) is 4.74. The minimum atomic E-state index is -0.529. The van der Waals surface area contributed by atoms with Crippen molar-refractivity contribution in [2.45, 2.75) is 37.4 Å². The summed E-state index contributed by atoms with van der Waals surface area (Å²) in [6, 6.07) is 0. The topological polar surface area (TPSA) is 52.6 Å². The van der Waals surface area contributed by atoms with E-state index in [1.165, 1.54) is 0 Å². The average molecular weight is 208 g/mol. The highest BCUT2D eigenvalue weighted by atomic mass is 16.6. The zero-order valence-electron chi connectivity index (χ0n) is 8.32. The van der Waals surface area contributed by atoms with Gasteiger partial charge in [-0.3, -0.25) is 4.79 Å². The van der Waals surface area contributed by atoms with Crippen LogP contribution in [0.4, 0.5) is 0 Å². The maximum atomic E-state index is 11.7. The molecule has 0 aromatic carbocycles. The first kappa shape index (κ1) is 8.95. The van der Waals surface area contributed by atoms with Gasteiger partial charge in [0.15, 0.2) is 0 Å². The molecule has 80 valence electrons. The molecule has 2 unspecified atom stereocenters. The largest absolute Gasteiger partial charge is 0.458 e. The number of rotatable bonds is 2. The summed E-state index contributed by atoms with van der Waals surface area (Å²) in [5.41, 5.74) is -0.845. The molecule has 4 heteroatoms. The Kier molecular flexibility index (Phi) is 1.45. The van der Waals surface area contributed by atoms with Crippen LogP contribution in [0.2, 0.25) is 0 Å². The molecular weight excluding hydrogens is 196 g/mol. The van der Waals surface area contributed by atoms with Gasteiger partial charge in [-0.25, -0.2) is 4.79 Å². The molecular formula is C11H12O4. The Morgan fingerprint density at radius 3 is 2.93 bits per heavy atom. The molecule has 1 saturated heterocycles. The lowest BCUT2D eigenvalue weighted by Crippen LogP contribution is -2.48. The summed E-state index contributed by atoms with van der Waals surface area (Å²) in [6.07, 6.45) is 3.95. The van der Waals surface area contributed by atoms with Crippen LogP contribution < -0.4 is 0 Å². The molecule has 2 aliphatic carbocycles. The lowest BCUT2D eigenvalue weighted by molar-refractivity contribution is -0.187. The molecule has 3 aliphatic rings. The summed E-state index contributed by atoms with van der Waals surface area (Å²) in [6.45, 7) is 3.35. The normalized spacial score (nSPS) is 45.3. The SMILES string of the molecule is C=CC(=O)OC1CC23CC[C@@]1(C2)C(=O)O3. The highest BCUT2D eigenvalue weighted by molar-refractivity contribution is 5.86. The molecule has 4 nitrogen and oxygen atoms in total. The van der Waals surface area contributed by atoms with Gasteiger partial charge in [-0.05, 0) is 12.8 Å². The maximum Gasteiger partial charge on any atom is 0.330 e. The van der Waals surface area contributed by atoms with Gasteiger partial charge in [0.2, 0.25) is 0 Å². The second-order valence-electron chi connectivity index (χ2n) is 4.74. The highest BCUT2D eigenvalue weighted by Crippen LogP contribution is 2.65. The zero-order chi connectivity index (χ0) is 10.7. The first-order valence-corrected chi connectivity index (χ1v) is 5.17. The molecule has 0 radical (unpaired) electrons. The summed E-state index contributed by atoms with van der Waals surface area (Å²) in [4.78, 5) is 22.8. The zero-order valence-corrected chi connectivity index (χ0v) is 8.32. The Bertz CT molecular complexity index is 375. The van der Waals surface area contributed by atoms with Gasteiger partial charge in [0.25, 0.3) is 0 Å². The summed E-state index contributed by atoms with van der Waals surface area (Å²) in [5, 5.41) is 0. The molecule has 3 rings (SSSR count). The fourth-order valence-electron chi connectivity index (χ4n) is 3.26. The van der Waals surface area contributed by atoms with Gasteiger partial charge < -0.3 is 9.47 Å². The van der Waals surface area contributed by atoms with Crippen molar-refractivity contribution in [1.29, 1.82) is 0 Å². The van der Waals surface area contributed by atoms with Gasteiger partial charge in [-0.15, -0.1) is 0 Å². The van der Waals surface area contributed by atoms with Gasteiger partial charge in [0.05, 0.1) is 0 Å². The maximum absolute atomic E-state index is 11.7. The molecule has 1 heterocycles. The van der Waals surface area contributed by atoms with Crippen molar-refractivity contribution in [1.82, 2.24) is 0 Å². The molecule has 3 atom stereocenters. The molecule has 0 N–H and O–H groups in total. The number of carbonyl (C=O) groups excluding carboxylic acids is 2. The fourth-order valence-corrected chi connectivity index (χ4v) is 3.26. The van der Waals surface area contributed by atoms with Gasteiger partial charge in [0.1, 0.15) is 17.1 Å². The first-order valence-electron chi connectivity index (χ1n) is 5.17. The molecule has 3 fully saturated rings. The van der Waals surface area contributed by atoms with Crippen molar-refractivity contribution in [2.24, 2.45) is 5.41 Å². The molecule has 0 spiro atoms. The van der Waals surface area contributed by atoms with Crippen molar-refractivity contribution in [2.75, 3.05) is 0 Å². The lowest BCUT2D eigenvalue weighted by atomic mass is 9.79. The van der Waals surface area contributed by atoms with E-state index in [2.05, 4.69) is 6.58 Å². The van der Waals surface area contributed by atoms with Crippen molar-refractivity contribution in [3.63, 3.8) is 0 Å². The summed E-state index contributed by atoms with van der Waals surface area (Å²) < 4.78 is 10.6. The van der Waals surface area contributed by atoms with Crippen molar-refractivity contribution >= 4 is 11.9 Å². The minimum Gasteiger partial charge on any atom is -0.458 e. The van der Waals surface area contributed by atoms with Crippen LogP contribution in [0.15, 0.2) is 12.7 Å². The number of hydrogen-bond acceptors (Lipinski definition) is 4. The van der Waals surface area contributed by atoms with E-state index >= 15 is 0 Å². The third-order valence-electron chi connectivity index (χ3n) is 3.98. The Hall–Kier alpha value is -1.32. The van der Waals surface area contributed by atoms with E-state index in [9.17, 15) is 9.59 Å². The van der Waals surface area contributed by atoms with E-state index in [0.29, 0.717) is 6.42 Å². The predicted molar refractivity (Wildman–Crippen MR) is 49.8 cm³/mol. The summed E-state index contributed by atoms with van der Waals surface area (Å²) in [5.74, 6) is -0.626. The van der Waals surface area contributed by atoms with Crippen molar-refractivity contribution < 1.29 is 19.1 Å².